The quantitative estimate of drug-likeness (QED) is 0.507. The van der Waals surface area contributed by atoms with E-state index in [1.807, 2.05) is 0 Å². The molecule has 0 atom stereocenters. The lowest BCUT2D eigenvalue weighted by Crippen LogP contribution is -1.87. The Hall–Kier alpha value is -1.28. The number of rotatable bonds is 0. The van der Waals surface area contributed by atoms with Crippen molar-refractivity contribution in [2.75, 3.05) is 0 Å². The molecular formula is C11H9NS. The summed E-state index contributed by atoms with van der Waals surface area (Å²) < 4.78 is 2.23. The van der Waals surface area contributed by atoms with E-state index in [2.05, 4.69) is 46.5 Å². The third-order valence-electron chi connectivity index (χ3n) is 2.46. The van der Waals surface area contributed by atoms with E-state index in [0.717, 1.165) is 0 Å². The first-order chi connectivity index (χ1) is 6.36. The summed E-state index contributed by atoms with van der Waals surface area (Å²) in [6.45, 7) is 2.14. The molecule has 0 aliphatic rings. The molecular weight excluding hydrogens is 178 g/mol. The van der Waals surface area contributed by atoms with Crippen LogP contribution in [-0.2, 0) is 0 Å². The first-order valence-electron chi connectivity index (χ1n) is 4.29. The van der Waals surface area contributed by atoms with Crippen LogP contribution in [0.2, 0.25) is 0 Å². The maximum Gasteiger partial charge on any atom is 0.0539 e. The Morgan fingerprint density at radius 2 is 2.23 bits per heavy atom. The van der Waals surface area contributed by atoms with E-state index in [-0.39, 0.29) is 0 Å². The number of pyridine rings is 1. The van der Waals surface area contributed by atoms with Crippen LogP contribution in [-0.4, -0.2) is 4.40 Å². The van der Waals surface area contributed by atoms with E-state index in [1.165, 1.54) is 22.0 Å². The van der Waals surface area contributed by atoms with Crippen molar-refractivity contribution in [1.82, 2.24) is 4.40 Å². The lowest BCUT2D eigenvalue weighted by molar-refractivity contribution is 1.11. The Balaban J connectivity index is 2.70. The molecule has 13 heavy (non-hydrogen) atoms. The summed E-state index contributed by atoms with van der Waals surface area (Å²) in [6.07, 6.45) is 2.11. The van der Waals surface area contributed by atoms with Crippen LogP contribution >= 0.6 is 11.3 Å². The fourth-order valence-electron chi connectivity index (χ4n) is 1.83. The zero-order valence-electron chi connectivity index (χ0n) is 7.32. The van der Waals surface area contributed by atoms with E-state index in [4.69, 9.17) is 0 Å². The van der Waals surface area contributed by atoms with Gasteiger partial charge in [0.2, 0.25) is 0 Å². The molecule has 0 N–H and O–H groups in total. The van der Waals surface area contributed by atoms with Crippen molar-refractivity contribution in [2.24, 2.45) is 0 Å². The van der Waals surface area contributed by atoms with Gasteiger partial charge in [-0.2, -0.15) is 11.3 Å². The van der Waals surface area contributed by atoms with E-state index in [9.17, 15) is 0 Å². The highest BCUT2D eigenvalue weighted by Gasteiger charge is 2.02. The van der Waals surface area contributed by atoms with Crippen LogP contribution in [0.5, 0.6) is 0 Å². The first-order valence-corrected chi connectivity index (χ1v) is 5.23. The molecule has 0 aromatic carbocycles. The van der Waals surface area contributed by atoms with Crippen molar-refractivity contribution in [2.45, 2.75) is 6.92 Å². The predicted molar refractivity (Wildman–Crippen MR) is 57.5 cm³/mol. The van der Waals surface area contributed by atoms with Gasteiger partial charge in [-0.15, -0.1) is 0 Å². The maximum absolute atomic E-state index is 2.23. The summed E-state index contributed by atoms with van der Waals surface area (Å²) in [6, 6.07) is 6.50. The Kier molecular flexibility index (Phi) is 1.30. The third kappa shape index (κ3) is 0.864. The van der Waals surface area contributed by atoms with Gasteiger partial charge in [-0.05, 0) is 35.9 Å². The molecule has 3 aromatic heterocycles. The average Bonchev–Trinajstić information content (AvgIpc) is 2.66. The Morgan fingerprint density at radius 1 is 1.31 bits per heavy atom. The normalized spacial score (nSPS) is 11.5. The first kappa shape index (κ1) is 7.15. The van der Waals surface area contributed by atoms with Crippen LogP contribution in [0.1, 0.15) is 5.69 Å². The Morgan fingerprint density at radius 3 is 3.15 bits per heavy atom. The Bertz CT molecular complexity index is 574. The second kappa shape index (κ2) is 2.36. The monoisotopic (exact) mass is 187 g/mol. The van der Waals surface area contributed by atoms with Crippen LogP contribution in [0.25, 0.3) is 16.3 Å². The molecule has 3 aromatic rings. The van der Waals surface area contributed by atoms with Gasteiger partial charge in [0.05, 0.1) is 5.52 Å². The number of hydrogen-bond acceptors (Lipinski definition) is 1. The fourth-order valence-corrected chi connectivity index (χ4v) is 2.63. The molecule has 0 radical (unpaired) electrons. The number of thiophene rings is 1. The number of nitrogens with zero attached hydrogens (tertiary/aromatic N) is 1. The maximum atomic E-state index is 2.23. The van der Waals surface area contributed by atoms with Gasteiger partial charge in [0.25, 0.3) is 0 Å². The highest BCUT2D eigenvalue weighted by molar-refractivity contribution is 7.09. The summed E-state index contributed by atoms with van der Waals surface area (Å²) in [5, 5.41) is 7.13. The largest absolute Gasteiger partial charge is 0.321 e. The summed E-state index contributed by atoms with van der Waals surface area (Å²) in [7, 11) is 0. The SMILES string of the molecule is Cc1cc2cscc2c2cccn12. The number of aryl methyl sites for hydroxylation is 1. The van der Waals surface area contributed by atoms with Gasteiger partial charge in [0.15, 0.2) is 0 Å². The number of hydrogen-bond donors (Lipinski definition) is 0. The molecule has 0 amide bonds. The molecule has 64 valence electrons. The average molecular weight is 187 g/mol. The van der Waals surface area contributed by atoms with Crippen LogP contribution in [0.4, 0.5) is 0 Å². The van der Waals surface area contributed by atoms with Crippen LogP contribution in [0.15, 0.2) is 35.2 Å². The highest BCUT2D eigenvalue weighted by Crippen LogP contribution is 2.25. The number of aromatic nitrogens is 1. The molecule has 0 bridgehead atoms. The van der Waals surface area contributed by atoms with Gasteiger partial charge >= 0.3 is 0 Å². The number of fused-ring (bicyclic) bond motifs is 3. The molecule has 0 saturated carbocycles. The molecule has 0 aliphatic carbocycles. The van der Waals surface area contributed by atoms with Crippen LogP contribution in [0.3, 0.4) is 0 Å². The molecule has 1 nitrogen and oxygen atoms in total. The van der Waals surface area contributed by atoms with Gasteiger partial charge < -0.3 is 4.40 Å². The van der Waals surface area contributed by atoms with Crippen molar-refractivity contribution in [3.63, 3.8) is 0 Å². The summed E-state index contributed by atoms with van der Waals surface area (Å²) >= 11 is 1.77. The molecule has 0 fully saturated rings. The van der Waals surface area contributed by atoms with E-state index in [0.29, 0.717) is 0 Å². The third-order valence-corrected chi connectivity index (χ3v) is 3.22. The van der Waals surface area contributed by atoms with E-state index < -0.39 is 0 Å². The molecule has 3 heterocycles. The van der Waals surface area contributed by atoms with Gasteiger partial charge in [0.1, 0.15) is 0 Å². The fraction of sp³-hybridized carbons (Fsp3) is 0.0909. The minimum atomic E-state index is 1.30. The molecule has 3 rings (SSSR count). The van der Waals surface area contributed by atoms with Gasteiger partial charge in [-0.3, -0.25) is 0 Å². The van der Waals surface area contributed by atoms with Crippen molar-refractivity contribution in [3.8, 4) is 0 Å². The van der Waals surface area contributed by atoms with Crippen LogP contribution < -0.4 is 0 Å². The van der Waals surface area contributed by atoms with Gasteiger partial charge in [-0.25, -0.2) is 0 Å². The predicted octanol–water partition coefficient (Wildman–Crippen LogP) is 3.46. The molecule has 0 spiro atoms. The van der Waals surface area contributed by atoms with Crippen LogP contribution in [0, 0.1) is 6.92 Å². The van der Waals surface area contributed by atoms with Gasteiger partial charge in [-0.1, -0.05) is 0 Å². The van der Waals surface area contributed by atoms with Crippen molar-refractivity contribution in [3.05, 3.63) is 40.8 Å². The molecule has 0 saturated heterocycles. The zero-order valence-corrected chi connectivity index (χ0v) is 8.14. The van der Waals surface area contributed by atoms with Crippen molar-refractivity contribution in [1.29, 1.82) is 0 Å². The minimum Gasteiger partial charge on any atom is -0.321 e. The second-order valence-electron chi connectivity index (χ2n) is 3.29. The lowest BCUT2D eigenvalue weighted by atomic mass is 10.2. The summed E-state index contributed by atoms with van der Waals surface area (Å²) in [5.74, 6) is 0. The smallest absolute Gasteiger partial charge is 0.0539 e. The van der Waals surface area contributed by atoms with Crippen molar-refractivity contribution >= 4 is 27.6 Å². The summed E-state index contributed by atoms with van der Waals surface area (Å²) in [5.41, 5.74) is 2.61. The van der Waals surface area contributed by atoms with E-state index in [1.54, 1.807) is 11.3 Å². The Labute approximate surface area is 80.2 Å². The minimum absolute atomic E-state index is 1.30. The molecule has 0 unspecified atom stereocenters. The van der Waals surface area contributed by atoms with Crippen molar-refractivity contribution < 1.29 is 0 Å². The lowest BCUT2D eigenvalue weighted by Gasteiger charge is -2.01. The van der Waals surface area contributed by atoms with Gasteiger partial charge in [0, 0.05) is 22.7 Å². The van der Waals surface area contributed by atoms with E-state index >= 15 is 0 Å². The highest BCUT2D eigenvalue weighted by atomic mass is 32.1. The standard InChI is InChI=1S/C11H9NS/c1-8-5-9-6-13-7-10(9)11-3-2-4-12(8)11/h2-7H,1H3. The zero-order chi connectivity index (χ0) is 8.84. The molecule has 2 heteroatoms. The topological polar surface area (TPSA) is 4.41 Å². The molecule has 0 aliphatic heterocycles. The second-order valence-corrected chi connectivity index (χ2v) is 4.03. The summed E-state index contributed by atoms with van der Waals surface area (Å²) in [4.78, 5) is 0.